The molecule has 0 unspecified atom stereocenters. The Morgan fingerprint density at radius 3 is 2.78 bits per heavy atom. The Morgan fingerprint density at radius 2 is 2.17 bits per heavy atom. The minimum absolute atomic E-state index is 0.247. The summed E-state index contributed by atoms with van der Waals surface area (Å²) >= 11 is 5.84. The van der Waals surface area contributed by atoms with E-state index in [2.05, 4.69) is 5.32 Å². The number of hydrogen-bond donors (Lipinski definition) is 2. The number of nitrogen functional groups attached to an aromatic ring is 1. The van der Waals surface area contributed by atoms with Crippen molar-refractivity contribution in [2.24, 2.45) is 0 Å². The van der Waals surface area contributed by atoms with Crippen molar-refractivity contribution in [2.75, 3.05) is 18.9 Å². The van der Waals surface area contributed by atoms with Crippen molar-refractivity contribution in [1.29, 1.82) is 0 Å². The van der Waals surface area contributed by atoms with E-state index in [1.165, 1.54) is 0 Å². The van der Waals surface area contributed by atoms with Crippen LogP contribution in [0.2, 0.25) is 5.02 Å². The smallest absolute Gasteiger partial charge is 0.253 e. The van der Waals surface area contributed by atoms with E-state index >= 15 is 0 Å². The summed E-state index contributed by atoms with van der Waals surface area (Å²) in [5.41, 5.74) is 6.13. The van der Waals surface area contributed by atoms with Crippen LogP contribution in [0, 0.1) is 0 Å². The lowest BCUT2D eigenvalue weighted by molar-refractivity contribution is -0.00814. The van der Waals surface area contributed by atoms with Gasteiger partial charge in [0.1, 0.15) is 0 Å². The highest BCUT2D eigenvalue weighted by molar-refractivity contribution is 6.31. The Balaban J connectivity index is 2.69. The molecule has 0 saturated carbocycles. The van der Waals surface area contributed by atoms with Gasteiger partial charge in [0, 0.05) is 23.9 Å². The number of carbonyl (C=O) groups is 1. The van der Waals surface area contributed by atoms with Gasteiger partial charge in [-0.25, -0.2) is 0 Å². The third kappa shape index (κ3) is 4.20. The van der Waals surface area contributed by atoms with E-state index in [0.717, 1.165) is 0 Å². The predicted molar refractivity (Wildman–Crippen MR) is 73.9 cm³/mol. The van der Waals surface area contributed by atoms with E-state index in [1.807, 2.05) is 20.8 Å². The van der Waals surface area contributed by atoms with Crippen LogP contribution in [0.5, 0.6) is 0 Å². The van der Waals surface area contributed by atoms with Crippen molar-refractivity contribution in [3.05, 3.63) is 28.8 Å². The number of carbonyl (C=O) groups excluding carboxylic acids is 1. The first-order chi connectivity index (χ1) is 8.35. The fourth-order valence-corrected chi connectivity index (χ4v) is 1.73. The number of hydrogen-bond acceptors (Lipinski definition) is 3. The minimum atomic E-state index is -0.405. The number of benzene rings is 1. The molecule has 1 aromatic carbocycles. The molecule has 0 heterocycles. The van der Waals surface area contributed by atoms with Gasteiger partial charge in [-0.15, -0.1) is 0 Å². The number of nitrogens with two attached hydrogens (primary N) is 1. The fourth-order valence-electron chi connectivity index (χ4n) is 1.56. The van der Waals surface area contributed by atoms with Crippen molar-refractivity contribution in [3.8, 4) is 0 Å². The SMILES string of the molecule is CCOC(C)(C)CNC(=O)c1cc(Cl)ccc1N. The maximum Gasteiger partial charge on any atom is 0.253 e. The molecule has 0 aliphatic carbocycles. The summed E-state index contributed by atoms with van der Waals surface area (Å²) in [4.78, 5) is 12.0. The molecule has 1 aromatic rings. The number of rotatable bonds is 5. The summed E-state index contributed by atoms with van der Waals surface area (Å²) < 4.78 is 5.50. The van der Waals surface area contributed by atoms with Crippen molar-refractivity contribution in [1.82, 2.24) is 5.32 Å². The molecule has 0 aromatic heterocycles. The van der Waals surface area contributed by atoms with E-state index < -0.39 is 5.60 Å². The summed E-state index contributed by atoms with van der Waals surface area (Å²) in [5, 5.41) is 3.27. The van der Waals surface area contributed by atoms with Crippen LogP contribution >= 0.6 is 11.6 Å². The van der Waals surface area contributed by atoms with Gasteiger partial charge in [-0.1, -0.05) is 11.6 Å². The number of ether oxygens (including phenoxy) is 1. The zero-order chi connectivity index (χ0) is 13.8. The molecule has 1 amide bonds. The maximum atomic E-state index is 12.0. The zero-order valence-electron chi connectivity index (χ0n) is 10.9. The van der Waals surface area contributed by atoms with Crippen LogP contribution < -0.4 is 11.1 Å². The highest BCUT2D eigenvalue weighted by Gasteiger charge is 2.19. The van der Waals surface area contributed by atoms with E-state index in [1.54, 1.807) is 18.2 Å². The van der Waals surface area contributed by atoms with Gasteiger partial charge in [0.25, 0.3) is 5.91 Å². The average Bonchev–Trinajstić information content (AvgIpc) is 2.29. The van der Waals surface area contributed by atoms with Crippen molar-refractivity contribution in [3.63, 3.8) is 0 Å². The molecule has 0 aliphatic heterocycles. The molecule has 100 valence electrons. The standard InChI is InChI=1S/C13H19ClN2O2/c1-4-18-13(2,3)8-16-12(17)10-7-9(14)5-6-11(10)15/h5-7H,4,8,15H2,1-3H3,(H,16,17). The number of nitrogens with one attached hydrogen (secondary N) is 1. The molecule has 0 aliphatic rings. The summed E-state index contributed by atoms with van der Waals surface area (Å²) in [5.74, 6) is -0.247. The van der Waals surface area contributed by atoms with Gasteiger partial charge < -0.3 is 15.8 Å². The second-order valence-electron chi connectivity index (χ2n) is 4.61. The normalized spacial score (nSPS) is 11.3. The van der Waals surface area contributed by atoms with Crippen LogP contribution in [0.3, 0.4) is 0 Å². The third-order valence-electron chi connectivity index (χ3n) is 2.47. The number of amides is 1. The molecular weight excluding hydrogens is 252 g/mol. The molecule has 0 saturated heterocycles. The third-order valence-corrected chi connectivity index (χ3v) is 2.70. The van der Waals surface area contributed by atoms with Gasteiger partial charge in [0.2, 0.25) is 0 Å². The molecule has 0 bridgehead atoms. The first-order valence-corrected chi connectivity index (χ1v) is 6.20. The van der Waals surface area contributed by atoms with Gasteiger partial charge in [-0.2, -0.15) is 0 Å². The first-order valence-electron chi connectivity index (χ1n) is 5.83. The van der Waals surface area contributed by atoms with E-state index in [9.17, 15) is 4.79 Å². The second kappa shape index (κ2) is 6.07. The van der Waals surface area contributed by atoms with Crippen LogP contribution in [0.25, 0.3) is 0 Å². The highest BCUT2D eigenvalue weighted by atomic mass is 35.5. The van der Waals surface area contributed by atoms with Crippen LogP contribution in [-0.4, -0.2) is 24.7 Å². The average molecular weight is 271 g/mol. The Hall–Kier alpha value is -1.26. The number of anilines is 1. The van der Waals surface area contributed by atoms with Crippen molar-refractivity contribution in [2.45, 2.75) is 26.4 Å². The van der Waals surface area contributed by atoms with Gasteiger partial charge in [0.15, 0.2) is 0 Å². The van der Waals surface area contributed by atoms with Crippen molar-refractivity contribution >= 4 is 23.2 Å². The summed E-state index contributed by atoms with van der Waals surface area (Å²) in [6.45, 7) is 6.75. The van der Waals surface area contributed by atoms with Crippen LogP contribution in [0.15, 0.2) is 18.2 Å². The Kier molecular flexibility index (Phi) is 4.99. The Morgan fingerprint density at radius 1 is 1.50 bits per heavy atom. The zero-order valence-corrected chi connectivity index (χ0v) is 11.7. The maximum absolute atomic E-state index is 12.0. The van der Waals surface area contributed by atoms with Crippen LogP contribution in [-0.2, 0) is 4.74 Å². The van der Waals surface area contributed by atoms with E-state index in [-0.39, 0.29) is 5.91 Å². The lowest BCUT2D eigenvalue weighted by Crippen LogP contribution is -2.40. The predicted octanol–water partition coefficient (Wildman–Crippen LogP) is 2.47. The molecule has 3 N–H and O–H groups in total. The van der Waals surface area contributed by atoms with E-state index in [0.29, 0.717) is 29.4 Å². The summed E-state index contributed by atoms with van der Waals surface area (Å²) in [6, 6.07) is 4.82. The van der Waals surface area contributed by atoms with Crippen LogP contribution in [0.4, 0.5) is 5.69 Å². The molecule has 0 fully saturated rings. The highest BCUT2D eigenvalue weighted by Crippen LogP contribution is 2.18. The summed E-state index contributed by atoms with van der Waals surface area (Å²) in [7, 11) is 0. The van der Waals surface area contributed by atoms with Gasteiger partial charge in [0.05, 0.1) is 11.2 Å². The van der Waals surface area contributed by atoms with Crippen molar-refractivity contribution < 1.29 is 9.53 Å². The monoisotopic (exact) mass is 270 g/mol. The van der Waals surface area contributed by atoms with Gasteiger partial charge in [-0.05, 0) is 39.0 Å². The fraction of sp³-hybridized carbons (Fsp3) is 0.462. The molecule has 0 spiro atoms. The molecule has 4 nitrogen and oxygen atoms in total. The Labute approximate surface area is 112 Å². The van der Waals surface area contributed by atoms with Crippen LogP contribution in [0.1, 0.15) is 31.1 Å². The minimum Gasteiger partial charge on any atom is -0.398 e. The van der Waals surface area contributed by atoms with E-state index in [4.69, 9.17) is 22.1 Å². The molecule has 18 heavy (non-hydrogen) atoms. The molecule has 1 rings (SSSR count). The molecule has 5 heteroatoms. The topological polar surface area (TPSA) is 64.3 Å². The lowest BCUT2D eigenvalue weighted by Gasteiger charge is -2.25. The largest absolute Gasteiger partial charge is 0.398 e. The second-order valence-corrected chi connectivity index (χ2v) is 5.04. The lowest BCUT2D eigenvalue weighted by atomic mass is 10.1. The molecular formula is C13H19ClN2O2. The van der Waals surface area contributed by atoms with Gasteiger partial charge >= 0.3 is 0 Å². The summed E-state index contributed by atoms with van der Waals surface area (Å²) in [6.07, 6.45) is 0. The molecule has 0 atom stereocenters. The van der Waals surface area contributed by atoms with Gasteiger partial charge in [-0.3, -0.25) is 4.79 Å². The first kappa shape index (κ1) is 14.8. The Bertz CT molecular complexity index is 433. The molecule has 0 radical (unpaired) electrons. The quantitative estimate of drug-likeness (QED) is 0.808. The number of halogens is 1.